The smallest absolute Gasteiger partial charge is 0.376 e. The lowest BCUT2D eigenvalue weighted by atomic mass is 10.1. The minimum absolute atomic E-state index is 0.215. The number of allylic oxidation sites excluding steroid dienone is 2. The quantitative estimate of drug-likeness (QED) is 0.350. The van der Waals surface area contributed by atoms with Crippen LogP contribution in [0, 0.1) is 11.8 Å². The van der Waals surface area contributed by atoms with E-state index in [1.165, 1.54) is 6.42 Å². The molecular formula is C9H10O3. The molecule has 3 nitrogen and oxygen atoms in total. The van der Waals surface area contributed by atoms with E-state index in [1.807, 2.05) is 6.08 Å². The van der Waals surface area contributed by atoms with E-state index in [0.717, 1.165) is 18.6 Å². The number of rotatable bonds is 2. The fourth-order valence-corrected chi connectivity index (χ4v) is 2.05. The van der Waals surface area contributed by atoms with Gasteiger partial charge in [-0.1, -0.05) is 0 Å². The van der Waals surface area contributed by atoms with Crippen molar-refractivity contribution >= 4 is 12.3 Å². The fraction of sp³-hybridized carbons (Fsp3) is 0.556. The number of ether oxygens (including phenoxy) is 1. The van der Waals surface area contributed by atoms with Crippen molar-refractivity contribution in [1.29, 1.82) is 0 Å². The van der Waals surface area contributed by atoms with Crippen molar-refractivity contribution < 1.29 is 14.3 Å². The molecule has 2 aliphatic rings. The number of aldehydes is 1. The van der Waals surface area contributed by atoms with Crippen LogP contribution in [0.5, 0.6) is 0 Å². The summed E-state index contributed by atoms with van der Waals surface area (Å²) in [5.74, 6) is 0.945. The topological polar surface area (TPSA) is 43.4 Å². The van der Waals surface area contributed by atoms with Gasteiger partial charge >= 0.3 is 5.97 Å². The Morgan fingerprint density at radius 2 is 2.42 bits per heavy atom. The van der Waals surface area contributed by atoms with Crippen LogP contribution >= 0.6 is 0 Å². The molecule has 3 heteroatoms. The number of hydrogen-bond acceptors (Lipinski definition) is 3. The first kappa shape index (κ1) is 7.53. The minimum Gasteiger partial charge on any atom is -0.426 e. The van der Waals surface area contributed by atoms with Gasteiger partial charge in [0.1, 0.15) is 5.76 Å². The van der Waals surface area contributed by atoms with E-state index in [1.54, 1.807) is 0 Å². The average molecular weight is 166 g/mol. The zero-order valence-corrected chi connectivity index (χ0v) is 6.66. The van der Waals surface area contributed by atoms with Gasteiger partial charge in [-0.15, -0.1) is 0 Å². The number of carbonyl (C=O) groups excluding carboxylic acids is 2. The lowest BCUT2D eigenvalue weighted by Crippen LogP contribution is -2.09. The molecule has 0 aromatic carbocycles. The number of hydrogen-bond donors (Lipinski definition) is 0. The Labute approximate surface area is 70.4 Å². The van der Waals surface area contributed by atoms with Crippen LogP contribution in [0.2, 0.25) is 0 Å². The van der Waals surface area contributed by atoms with Gasteiger partial charge in [0.15, 0.2) is 0 Å². The van der Waals surface area contributed by atoms with E-state index in [0.29, 0.717) is 11.8 Å². The van der Waals surface area contributed by atoms with Crippen LogP contribution in [0.25, 0.3) is 0 Å². The largest absolute Gasteiger partial charge is 0.426 e. The summed E-state index contributed by atoms with van der Waals surface area (Å²) in [6, 6.07) is 0. The van der Waals surface area contributed by atoms with Crippen molar-refractivity contribution in [3.63, 3.8) is 0 Å². The molecule has 2 rings (SSSR count). The van der Waals surface area contributed by atoms with Crippen LogP contribution in [0.15, 0.2) is 11.8 Å². The van der Waals surface area contributed by atoms with Crippen LogP contribution in [-0.4, -0.2) is 12.3 Å². The highest BCUT2D eigenvalue weighted by Crippen LogP contribution is 2.43. The molecule has 2 aliphatic carbocycles. The third-order valence-corrected chi connectivity index (χ3v) is 2.59. The molecule has 0 heterocycles. The van der Waals surface area contributed by atoms with E-state index < -0.39 is 5.97 Å². The Balaban J connectivity index is 2.02. The third kappa shape index (κ3) is 1.15. The zero-order valence-electron chi connectivity index (χ0n) is 6.66. The van der Waals surface area contributed by atoms with Gasteiger partial charge in [0.05, 0.1) is 0 Å². The molecule has 0 spiro atoms. The van der Waals surface area contributed by atoms with Crippen LogP contribution < -0.4 is 0 Å². The molecule has 0 N–H and O–H groups in total. The van der Waals surface area contributed by atoms with Gasteiger partial charge in [0.2, 0.25) is 6.29 Å². The highest BCUT2D eigenvalue weighted by molar-refractivity contribution is 6.20. The summed E-state index contributed by atoms with van der Waals surface area (Å²) in [6.45, 7) is 0. The van der Waals surface area contributed by atoms with Gasteiger partial charge in [0.25, 0.3) is 0 Å². The second kappa shape index (κ2) is 2.73. The first-order valence-corrected chi connectivity index (χ1v) is 4.18. The van der Waals surface area contributed by atoms with Crippen LogP contribution in [0.3, 0.4) is 0 Å². The van der Waals surface area contributed by atoms with Gasteiger partial charge < -0.3 is 4.74 Å². The van der Waals surface area contributed by atoms with Gasteiger partial charge in [-0.05, 0) is 31.3 Å². The maximum atomic E-state index is 10.6. The molecule has 0 radical (unpaired) electrons. The average Bonchev–Trinajstić information content (AvgIpc) is 2.64. The molecule has 0 aliphatic heterocycles. The van der Waals surface area contributed by atoms with Crippen molar-refractivity contribution in [2.45, 2.75) is 19.3 Å². The Kier molecular flexibility index (Phi) is 1.71. The van der Waals surface area contributed by atoms with Crippen molar-refractivity contribution in [1.82, 2.24) is 0 Å². The molecule has 2 atom stereocenters. The lowest BCUT2D eigenvalue weighted by Gasteiger charge is -2.10. The summed E-state index contributed by atoms with van der Waals surface area (Å²) in [5, 5.41) is 0. The van der Waals surface area contributed by atoms with Crippen LogP contribution in [-0.2, 0) is 14.3 Å². The normalized spacial score (nSPS) is 31.5. The third-order valence-electron chi connectivity index (χ3n) is 2.59. The molecule has 2 bridgehead atoms. The van der Waals surface area contributed by atoms with Gasteiger partial charge in [-0.2, -0.15) is 0 Å². The van der Waals surface area contributed by atoms with Gasteiger partial charge in [-0.3, -0.25) is 4.79 Å². The molecule has 2 unspecified atom stereocenters. The molecule has 12 heavy (non-hydrogen) atoms. The Morgan fingerprint density at radius 3 is 2.92 bits per heavy atom. The molecule has 0 saturated heterocycles. The number of carbonyl (C=O) groups is 2. The summed E-state index contributed by atoms with van der Waals surface area (Å²) in [7, 11) is 0. The standard InChI is InChI=1S/C9H10O3/c10-5-9(11)12-8-4-6-1-2-7(8)3-6/h4-7H,1-3H2. The Morgan fingerprint density at radius 1 is 1.58 bits per heavy atom. The molecular weight excluding hydrogens is 156 g/mol. The van der Waals surface area contributed by atoms with E-state index in [2.05, 4.69) is 0 Å². The molecule has 1 fully saturated rings. The fourth-order valence-electron chi connectivity index (χ4n) is 2.05. The van der Waals surface area contributed by atoms with Crippen molar-refractivity contribution in [2.24, 2.45) is 11.8 Å². The summed E-state index contributed by atoms with van der Waals surface area (Å²) in [4.78, 5) is 20.6. The SMILES string of the molecule is O=CC(=O)OC1=CC2CCC1C2. The number of esters is 1. The predicted molar refractivity (Wildman–Crippen MR) is 41.1 cm³/mol. The van der Waals surface area contributed by atoms with E-state index in [9.17, 15) is 9.59 Å². The monoisotopic (exact) mass is 166 g/mol. The molecule has 1 saturated carbocycles. The van der Waals surface area contributed by atoms with Crippen LogP contribution in [0.4, 0.5) is 0 Å². The van der Waals surface area contributed by atoms with Crippen molar-refractivity contribution in [2.75, 3.05) is 0 Å². The number of fused-ring (bicyclic) bond motifs is 2. The zero-order chi connectivity index (χ0) is 8.55. The van der Waals surface area contributed by atoms with Crippen molar-refractivity contribution in [3.8, 4) is 0 Å². The summed E-state index contributed by atoms with van der Waals surface area (Å²) in [6.07, 6.45) is 5.60. The van der Waals surface area contributed by atoms with E-state index in [4.69, 9.17) is 4.74 Å². The van der Waals surface area contributed by atoms with Gasteiger partial charge in [-0.25, -0.2) is 4.79 Å². The summed E-state index contributed by atoms with van der Waals surface area (Å²) < 4.78 is 4.85. The summed E-state index contributed by atoms with van der Waals surface area (Å²) >= 11 is 0. The van der Waals surface area contributed by atoms with E-state index >= 15 is 0 Å². The first-order valence-electron chi connectivity index (χ1n) is 4.18. The highest BCUT2D eigenvalue weighted by atomic mass is 16.5. The molecule has 0 aromatic heterocycles. The summed E-state index contributed by atoms with van der Waals surface area (Å²) in [5.41, 5.74) is 0. The first-order chi connectivity index (χ1) is 5.79. The predicted octanol–water partition coefficient (Wildman–Crippen LogP) is 1.04. The maximum absolute atomic E-state index is 10.6. The second-order valence-corrected chi connectivity index (χ2v) is 3.38. The second-order valence-electron chi connectivity index (χ2n) is 3.38. The Hall–Kier alpha value is -1.12. The Bertz CT molecular complexity index is 254. The minimum atomic E-state index is -0.770. The van der Waals surface area contributed by atoms with E-state index in [-0.39, 0.29) is 6.29 Å². The maximum Gasteiger partial charge on any atom is 0.376 e. The lowest BCUT2D eigenvalue weighted by molar-refractivity contribution is -0.145. The molecule has 0 aromatic rings. The highest BCUT2D eigenvalue weighted by Gasteiger charge is 2.34. The van der Waals surface area contributed by atoms with Crippen molar-refractivity contribution in [3.05, 3.63) is 11.8 Å². The van der Waals surface area contributed by atoms with Crippen LogP contribution in [0.1, 0.15) is 19.3 Å². The molecule has 0 amide bonds. The van der Waals surface area contributed by atoms with Gasteiger partial charge in [0, 0.05) is 5.92 Å². The molecule has 64 valence electrons.